The monoisotopic (exact) mass is 682 g/mol. The molecule has 0 N–H and O–H groups in total. The normalized spacial score (nSPS) is 14.7. The highest BCUT2D eigenvalue weighted by Gasteiger charge is 2.34. The summed E-state index contributed by atoms with van der Waals surface area (Å²) < 4.78 is 20.4. The van der Waals surface area contributed by atoms with Crippen molar-refractivity contribution in [2.45, 2.75) is 33.4 Å². The zero-order chi connectivity index (χ0) is 31.5. The van der Waals surface area contributed by atoms with Crippen molar-refractivity contribution in [1.29, 1.82) is 0 Å². The first-order valence-electron chi connectivity index (χ1n) is 14.7. The second-order valence-corrected chi connectivity index (χ2v) is 12.3. The maximum atomic E-state index is 14.2. The van der Waals surface area contributed by atoms with Crippen LogP contribution in [-0.4, -0.2) is 23.8 Å². The Labute approximate surface area is 272 Å². The maximum absolute atomic E-state index is 14.2. The zero-order valence-electron chi connectivity index (χ0n) is 25.1. The second-order valence-electron chi connectivity index (χ2n) is 10.4. The number of carbonyl (C=O) groups excluding carboxylic acids is 1. The lowest BCUT2D eigenvalue weighted by Crippen LogP contribution is -2.40. The molecule has 0 aliphatic carbocycles. The van der Waals surface area contributed by atoms with E-state index in [9.17, 15) is 9.59 Å². The summed E-state index contributed by atoms with van der Waals surface area (Å²) in [4.78, 5) is 32.8. The quantitative estimate of drug-likeness (QED) is 0.162. The first-order chi connectivity index (χ1) is 21.9. The fourth-order valence-corrected chi connectivity index (χ4v) is 7.15. The third kappa shape index (κ3) is 6.10. The van der Waals surface area contributed by atoms with Gasteiger partial charge in [0.2, 0.25) is 0 Å². The van der Waals surface area contributed by atoms with E-state index in [1.807, 2.05) is 97.9 Å². The molecule has 0 unspecified atom stereocenters. The number of nitrogens with zero attached hydrogens (tertiary/aromatic N) is 2. The maximum Gasteiger partial charge on any atom is 0.338 e. The lowest BCUT2D eigenvalue weighted by molar-refractivity contribution is -0.139. The van der Waals surface area contributed by atoms with E-state index in [1.165, 1.54) is 11.3 Å². The molecule has 5 aromatic rings. The first-order valence-corrected chi connectivity index (χ1v) is 16.3. The van der Waals surface area contributed by atoms with E-state index < -0.39 is 12.0 Å². The molecule has 2 heterocycles. The molecule has 0 bridgehead atoms. The van der Waals surface area contributed by atoms with E-state index in [-0.39, 0.29) is 12.2 Å². The highest BCUT2D eigenvalue weighted by Crippen LogP contribution is 2.38. The van der Waals surface area contributed by atoms with Gasteiger partial charge in [-0.25, -0.2) is 9.79 Å². The van der Waals surface area contributed by atoms with Crippen LogP contribution in [0.4, 0.5) is 0 Å². The molecule has 1 aromatic heterocycles. The summed E-state index contributed by atoms with van der Waals surface area (Å²) in [6, 6.07) is 26.9. The van der Waals surface area contributed by atoms with Crippen molar-refractivity contribution < 1.29 is 19.0 Å². The number of esters is 1. The number of rotatable bonds is 9. The van der Waals surface area contributed by atoms with Crippen LogP contribution in [0.25, 0.3) is 16.8 Å². The summed E-state index contributed by atoms with van der Waals surface area (Å²) in [6.45, 7) is 6.51. The number of halogens is 1. The van der Waals surface area contributed by atoms with Gasteiger partial charge >= 0.3 is 5.97 Å². The summed E-state index contributed by atoms with van der Waals surface area (Å²) in [5, 5.41) is 1.96. The smallest absolute Gasteiger partial charge is 0.338 e. The number of fused-ring (bicyclic) bond motifs is 2. The van der Waals surface area contributed by atoms with Crippen molar-refractivity contribution in [3.05, 3.63) is 137 Å². The summed E-state index contributed by atoms with van der Waals surface area (Å²) in [7, 11) is 0. The van der Waals surface area contributed by atoms with Gasteiger partial charge in [0.05, 0.1) is 39.5 Å². The molecule has 6 rings (SSSR count). The molecule has 0 saturated heterocycles. The number of ether oxygens (including phenoxy) is 3. The summed E-state index contributed by atoms with van der Waals surface area (Å²) >= 11 is 4.94. The van der Waals surface area contributed by atoms with Gasteiger partial charge in [-0.3, -0.25) is 9.36 Å². The fraction of sp³-hybridized carbons (Fsp3) is 0.194. The Morgan fingerprint density at radius 1 is 0.978 bits per heavy atom. The van der Waals surface area contributed by atoms with Gasteiger partial charge in [-0.2, -0.15) is 0 Å². The van der Waals surface area contributed by atoms with E-state index in [2.05, 4.69) is 15.9 Å². The van der Waals surface area contributed by atoms with Crippen LogP contribution in [-0.2, 0) is 16.1 Å². The largest absolute Gasteiger partial charge is 0.490 e. The van der Waals surface area contributed by atoms with Gasteiger partial charge in [-0.1, -0.05) is 84.1 Å². The Morgan fingerprint density at radius 3 is 2.51 bits per heavy atom. The second kappa shape index (κ2) is 13.3. The molecule has 1 aliphatic rings. The minimum atomic E-state index is -0.701. The highest BCUT2D eigenvalue weighted by molar-refractivity contribution is 9.10. The van der Waals surface area contributed by atoms with Crippen LogP contribution in [0, 0.1) is 0 Å². The minimum absolute atomic E-state index is 0.213. The van der Waals surface area contributed by atoms with Gasteiger partial charge in [0, 0.05) is 0 Å². The van der Waals surface area contributed by atoms with Crippen LogP contribution in [0.2, 0.25) is 0 Å². The summed E-state index contributed by atoms with van der Waals surface area (Å²) in [5.41, 5.74) is 3.26. The van der Waals surface area contributed by atoms with E-state index in [0.717, 1.165) is 27.5 Å². The summed E-state index contributed by atoms with van der Waals surface area (Å²) in [6.07, 6.45) is 1.82. The first kappa shape index (κ1) is 30.6. The predicted octanol–water partition coefficient (Wildman–Crippen LogP) is 6.69. The number of benzene rings is 4. The molecular formula is C36H31BrN2O5S. The van der Waals surface area contributed by atoms with E-state index >= 15 is 0 Å². The average Bonchev–Trinajstić information content (AvgIpc) is 3.34. The Kier molecular flexibility index (Phi) is 9.00. The van der Waals surface area contributed by atoms with Crippen LogP contribution >= 0.6 is 27.3 Å². The third-order valence-corrected chi connectivity index (χ3v) is 9.06. The molecule has 1 atom stereocenters. The van der Waals surface area contributed by atoms with Crippen LogP contribution in [0.5, 0.6) is 11.5 Å². The topological polar surface area (TPSA) is 79.1 Å². The molecule has 0 amide bonds. The van der Waals surface area contributed by atoms with Gasteiger partial charge in [-0.15, -0.1) is 0 Å². The molecular weight excluding hydrogens is 652 g/mol. The van der Waals surface area contributed by atoms with Gasteiger partial charge < -0.3 is 14.2 Å². The Balaban J connectivity index is 1.48. The summed E-state index contributed by atoms with van der Waals surface area (Å²) in [5.74, 6) is 0.670. The molecule has 0 saturated carbocycles. The van der Waals surface area contributed by atoms with Crippen LogP contribution in [0.15, 0.2) is 110 Å². The molecule has 1 aliphatic heterocycles. The number of thiazole rings is 1. The van der Waals surface area contributed by atoms with Crippen molar-refractivity contribution in [3.63, 3.8) is 0 Å². The van der Waals surface area contributed by atoms with E-state index in [0.29, 0.717) is 49.8 Å². The van der Waals surface area contributed by atoms with Crippen LogP contribution in [0.1, 0.15) is 43.5 Å². The molecule has 7 nitrogen and oxygen atoms in total. The highest BCUT2D eigenvalue weighted by atomic mass is 79.9. The molecule has 9 heteroatoms. The van der Waals surface area contributed by atoms with Crippen LogP contribution < -0.4 is 24.4 Å². The third-order valence-electron chi connectivity index (χ3n) is 7.49. The zero-order valence-corrected chi connectivity index (χ0v) is 27.5. The molecule has 45 heavy (non-hydrogen) atoms. The van der Waals surface area contributed by atoms with Gasteiger partial charge in [0.15, 0.2) is 16.3 Å². The van der Waals surface area contributed by atoms with Gasteiger partial charge in [0.25, 0.3) is 5.56 Å². The lowest BCUT2D eigenvalue weighted by Gasteiger charge is -2.25. The number of aromatic nitrogens is 1. The average molecular weight is 684 g/mol. The SMILES string of the molecule is CCOC(=O)C1=C(C)N=c2s/c(=C/c3cc(Br)c(OCc4ccccc4)c(OCC)c3)c(=O)n2[C@@H]1c1cccc2ccccc12. The molecule has 0 fully saturated rings. The lowest BCUT2D eigenvalue weighted by atomic mass is 9.91. The van der Waals surface area contributed by atoms with Crippen molar-refractivity contribution in [2.75, 3.05) is 13.2 Å². The minimum Gasteiger partial charge on any atom is -0.490 e. The number of hydrogen-bond acceptors (Lipinski definition) is 7. The fourth-order valence-electron chi connectivity index (χ4n) is 5.53. The molecule has 0 spiro atoms. The predicted molar refractivity (Wildman–Crippen MR) is 180 cm³/mol. The number of hydrogen-bond donors (Lipinski definition) is 0. The van der Waals surface area contributed by atoms with Crippen molar-refractivity contribution in [3.8, 4) is 11.5 Å². The van der Waals surface area contributed by atoms with Crippen LogP contribution in [0.3, 0.4) is 0 Å². The Bertz CT molecular complexity index is 2110. The van der Waals surface area contributed by atoms with Crippen molar-refractivity contribution in [2.24, 2.45) is 4.99 Å². The Hall–Kier alpha value is -4.47. The standard InChI is InChI=1S/C36H31BrN2O5S/c1-4-42-29-19-24(18-28(37)33(29)44-21-23-12-7-6-8-13-23)20-30-34(40)39-32(27-17-11-15-25-14-9-10-16-26(25)27)31(35(41)43-5-2)22(3)38-36(39)45-30/h6-20,32H,4-5,21H2,1-3H3/b30-20+/t32-/m1/s1. The van der Waals surface area contributed by atoms with Crippen molar-refractivity contribution in [1.82, 2.24) is 4.57 Å². The van der Waals surface area contributed by atoms with E-state index in [4.69, 9.17) is 19.2 Å². The Morgan fingerprint density at radius 2 is 1.73 bits per heavy atom. The molecule has 228 valence electrons. The molecule has 0 radical (unpaired) electrons. The van der Waals surface area contributed by atoms with Crippen molar-refractivity contribution >= 4 is 50.1 Å². The van der Waals surface area contributed by atoms with Gasteiger partial charge in [-0.05, 0) is 82.4 Å². The van der Waals surface area contributed by atoms with E-state index in [1.54, 1.807) is 18.4 Å². The van der Waals surface area contributed by atoms with Gasteiger partial charge in [0.1, 0.15) is 6.61 Å². The number of allylic oxidation sites excluding steroid dienone is 1. The number of carbonyl (C=O) groups is 1. The molecule has 4 aromatic carbocycles.